The van der Waals surface area contributed by atoms with Gasteiger partial charge in [-0.15, -0.1) is 0 Å². The zero-order valence-corrected chi connectivity index (χ0v) is 11.4. The van der Waals surface area contributed by atoms with Gasteiger partial charge in [-0.3, -0.25) is 4.98 Å². The number of rotatable bonds is 3. The molecular formula is C14H13Cl2NO. The van der Waals surface area contributed by atoms with E-state index in [-0.39, 0.29) is 0 Å². The van der Waals surface area contributed by atoms with E-state index in [4.69, 9.17) is 23.2 Å². The molecule has 0 aliphatic carbocycles. The van der Waals surface area contributed by atoms with Gasteiger partial charge in [-0.25, -0.2) is 0 Å². The third-order valence-corrected chi connectivity index (χ3v) is 3.56. The minimum absolute atomic E-state index is 0.490. The zero-order chi connectivity index (χ0) is 13.1. The Morgan fingerprint density at radius 3 is 2.67 bits per heavy atom. The lowest BCUT2D eigenvalue weighted by atomic mass is 10.0. The van der Waals surface area contributed by atoms with Crippen LogP contribution in [0.15, 0.2) is 36.5 Å². The lowest BCUT2D eigenvalue weighted by Gasteiger charge is -2.13. The minimum Gasteiger partial charge on any atom is -0.388 e. The normalized spacial score (nSPS) is 12.4. The molecule has 1 heterocycles. The number of aromatic nitrogens is 1. The molecule has 0 aliphatic heterocycles. The predicted molar refractivity (Wildman–Crippen MR) is 74.1 cm³/mol. The maximum atomic E-state index is 10.2. The highest BCUT2D eigenvalue weighted by atomic mass is 35.5. The van der Waals surface area contributed by atoms with Gasteiger partial charge in [-0.2, -0.15) is 0 Å². The molecule has 0 saturated carbocycles. The van der Waals surface area contributed by atoms with Crippen molar-refractivity contribution in [3.05, 3.63) is 63.4 Å². The molecule has 4 heteroatoms. The van der Waals surface area contributed by atoms with Crippen molar-refractivity contribution in [2.24, 2.45) is 0 Å². The summed E-state index contributed by atoms with van der Waals surface area (Å²) in [6.07, 6.45) is 1.62. The van der Waals surface area contributed by atoms with Crippen molar-refractivity contribution >= 4 is 23.2 Å². The number of pyridine rings is 1. The van der Waals surface area contributed by atoms with Crippen LogP contribution in [0.2, 0.25) is 10.0 Å². The molecule has 0 fully saturated rings. The SMILES string of the molecule is Cc1ncccc1C(O)Cc1ccc(Cl)c(Cl)c1. The Labute approximate surface area is 116 Å². The number of aryl methyl sites for hydroxylation is 1. The highest BCUT2D eigenvalue weighted by Gasteiger charge is 2.12. The van der Waals surface area contributed by atoms with Crippen molar-refractivity contribution in [2.75, 3.05) is 0 Å². The fourth-order valence-electron chi connectivity index (χ4n) is 1.85. The summed E-state index contributed by atoms with van der Waals surface area (Å²) >= 11 is 11.8. The maximum Gasteiger partial charge on any atom is 0.0847 e. The van der Waals surface area contributed by atoms with Crippen LogP contribution in [-0.2, 0) is 6.42 Å². The van der Waals surface area contributed by atoms with Gasteiger partial charge in [0.1, 0.15) is 0 Å². The quantitative estimate of drug-likeness (QED) is 0.923. The first kappa shape index (κ1) is 13.3. The van der Waals surface area contributed by atoms with Crippen molar-refractivity contribution in [1.82, 2.24) is 4.98 Å². The van der Waals surface area contributed by atoms with E-state index >= 15 is 0 Å². The first-order valence-corrected chi connectivity index (χ1v) is 6.37. The van der Waals surface area contributed by atoms with Crippen LogP contribution in [0.25, 0.3) is 0 Å². The smallest absolute Gasteiger partial charge is 0.0847 e. The number of hydrogen-bond acceptors (Lipinski definition) is 2. The minimum atomic E-state index is -0.587. The van der Waals surface area contributed by atoms with Crippen LogP contribution < -0.4 is 0 Å². The fourth-order valence-corrected chi connectivity index (χ4v) is 2.17. The summed E-state index contributed by atoms with van der Waals surface area (Å²) in [6.45, 7) is 1.88. The van der Waals surface area contributed by atoms with Crippen LogP contribution in [0.1, 0.15) is 22.9 Å². The third-order valence-electron chi connectivity index (χ3n) is 2.82. The molecule has 2 rings (SSSR count). The average molecular weight is 282 g/mol. The third kappa shape index (κ3) is 3.02. The van der Waals surface area contributed by atoms with Crippen LogP contribution in [-0.4, -0.2) is 10.1 Å². The van der Waals surface area contributed by atoms with E-state index in [1.807, 2.05) is 25.1 Å². The number of aliphatic hydroxyl groups is 1. The molecule has 0 spiro atoms. The summed E-state index contributed by atoms with van der Waals surface area (Å²) in [5.74, 6) is 0. The summed E-state index contributed by atoms with van der Waals surface area (Å²) in [5, 5.41) is 11.2. The van der Waals surface area contributed by atoms with Gasteiger partial charge >= 0.3 is 0 Å². The molecule has 1 atom stereocenters. The molecule has 18 heavy (non-hydrogen) atoms. The van der Waals surface area contributed by atoms with Crippen LogP contribution in [0.4, 0.5) is 0 Å². The number of nitrogens with zero attached hydrogens (tertiary/aromatic N) is 1. The van der Waals surface area contributed by atoms with Gasteiger partial charge in [0.15, 0.2) is 0 Å². The molecule has 0 aliphatic rings. The monoisotopic (exact) mass is 281 g/mol. The van der Waals surface area contributed by atoms with Gasteiger partial charge in [0.05, 0.1) is 16.1 Å². The Kier molecular flexibility index (Phi) is 4.23. The zero-order valence-electron chi connectivity index (χ0n) is 9.90. The van der Waals surface area contributed by atoms with E-state index in [2.05, 4.69) is 4.98 Å². The van der Waals surface area contributed by atoms with Crippen molar-refractivity contribution in [1.29, 1.82) is 0 Å². The summed E-state index contributed by atoms with van der Waals surface area (Å²) in [7, 11) is 0. The van der Waals surface area contributed by atoms with E-state index in [0.717, 1.165) is 16.8 Å². The number of aliphatic hydroxyl groups excluding tert-OH is 1. The van der Waals surface area contributed by atoms with Crippen LogP contribution >= 0.6 is 23.2 Å². The summed E-state index contributed by atoms with van der Waals surface area (Å²) in [4.78, 5) is 4.17. The largest absolute Gasteiger partial charge is 0.388 e. The van der Waals surface area contributed by atoms with Crippen molar-refractivity contribution in [3.63, 3.8) is 0 Å². The molecule has 1 aromatic carbocycles. The number of benzene rings is 1. The van der Waals surface area contributed by atoms with Gasteiger partial charge in [0.2, 0.25) is 0 Å². The highest BCUT2D eigenvalue weighted by Crippen LogP contribution is 2.26. The Morgan fingerprint density at radius 1 is 1.22 bits per heavy atom. The maximum absolute atomic E-state index is 10.2. The average Bonchev–Trinajstić information content (AvgIpc) is 2.34. The topological polar surface area (TPSA) is 33.1 Å². The second-order valence-electron chi connectivity index (χ2n) is 4.15. The Hall–Kier alpha value is -1.09. The molecule has 94 valence electrons. The van der Waals surface area contributed by atoms with E-state index in [9.17, 15) is 5.11 Å². The number of halogens is 2. The summed E-state index contributed by atoms with van der Waals surface area (Å²) in [5.41, 5.74) is 2.62. The first-order chi connectivity index (χ1) is 8.58. The molecule has 0 saturated heterocycles. The van der Waals surface area contributed by atoms with Crippen molar-refractivity contribution < 1.29 is 5.11 Å². The van der Waals surface area contributed by atoms with Gasteiger partial charge in [-0.05, 0) is 30.7 Å². The predicted octanol–water partition coefficient (Wildman–Crippen LogP) is 3.97. The van der Waals surface area contributed by atoms with Crippen LogP contribution in [0, 0.1) is 6.92 Å². The van der Waals surface area contributed by atoms with Crippen LogP contribution in [0.5, 0.6) is 0 Å². The highest BCUT2D eigenvalue weighted by molar-refractivity contribution is 6.42. The molecule has 1 unspecified atom stereocenters. The molecule has 0 radical (unpaired) electrons. The number of hydrogen-bond donors (Lipinski definition) is 1. The fraction of sp³-hybridized carbons (Fsp3) is 0.214. The standard InChI is InChI=1S/C14H13Cl2NO/c1-9-11(3-2-6-17-9)14(18)8-10-4-5-12(15)13(16)7-10/h2-7,14,18H,8H2,1H3. The molecule has 2 nitrogen and oxygen atoms in total. The van der Waals surface area contributed by atoms with E-state index in [1.54, 1.807) is 18.3 Å². The molecule has 2 aromatic rings. The molecule has 0 amide bonds. The second-order valence-corrected chi connectivity index (χ2v) is 4.96. The first-order valence-electron chi connectivity index (χ1n) is 5.61. The Bertz CT molecular complexity index is 557. The Morgan fingerprint density at radius 2 is 2.00 bits per heavy atom. The van der Waals surface area contributed by atoms with Gasteiger partial charge in [-0.1, -0.05) is 35.3 Å². The molecular weight excluding hydrogens is 269 g/mol. The van der Waals surface area contributed by atoms with Crippen molar-refractivity contribution in [2.45, 2.75) is 19.4 Å². The second kappa shape index (κ2) is 5.70. The lowest BCUT2D eigenvalue weighted by molar-refractivity contribution is 0.177. The van der Waals surface area contributed by atoms with Crippen molar-refractivity contribution in [3.8, 4) is 0 Å². The van der Waals surface area contributed by atoms with E-state index in [1.165, 1.54) is 0 Å². The Balaban J connectivity index is 2.19. The molecule has 0 bridgehead atoms. The van der Waals surface area contributed by atoms with E-state index in [0.29, 0.717) is 16.5 Å². The van der Waals surface area contributed by atoms with Crippen LogP contribution in [0.3, 0.4) is 0 Å². The van der Waals surface area contributed by atoms with Gasteiger partial charge in [0.25, 0.3) is 0 Å². The summed E-state index contributed by atoms with van der Waals surface area (Å²) in [6, 6.07) is 9.08. The van der Waals surface area contributed by atoms with Gasteiger partial charge < -0.3 is 5.11 Å². The molecule has 1 N–H and O–H groups in total. The lowest BCUT2D eigenvalue weighted by Crippen LogP contribution is -2.04. The summed E-state index contributed by atoms with van der Waals surface area (Å²) < 4.78 is 0. The molecule has 1 aromatic heterocycles. The van der Waals surface area contributed by atoms with E-state index < -0.39 is 6.10 Å². The van der Waals surface area contributed by atoms with Gasteiger partial charge in [0, 0.05) is 23.9 Å².